The van der Waals surface area contributed by atoms with E-state index < -0.39 is 23.5 Å². The molecule has 0 radical (unpaired) electrons. The van der Waals surface area contributed by atoms with E-state index in [1.807, 2.05) is 0 Å². The number of furan rings is 2. The second kappa shape index (κ2) is 14.1. The Hall–Kier alpha value is -4.45. The van der Waals surface area contributed by atoms with Gasteiger partial charge < -0.3 is 23.2 Å². The normalized spacial score (nSPS) is 10.9. The van der Waals surface area contributed by atoms with Crippen molar-refractivity contribution in [2.75, 3.05) is 27.3 Å². The third kappa shape index (κ3) is 7.35. The first-order valence-electron chi connectivity index (χ1n) is 12.1. The van der Waals surface area contributed by atoms with Gasteiger partial charge in [0.2, 0.25) is 5.78 Å². The fourth-order valence-electron chi connectivity index (χ4n) is 3.38. The van der Waals surface area contributed by atoms with Crippen LogP contribution in [0.5, 0.6) is 0 Å². The second-order valence-corrected chi connectivity index (χ2v) is 9.00. The SMILES string of the molecule is CCOC(=O)/C(=C\N(C)C)C(=O)c1ccco1.CCOC(=O)c1cnn(-c2ccc(Br)c(F)c2)c1-c1ccco1. The highest BCUT2D eigenvalue weighted by atomic mass is 79.9. The summed E-state index contributed by atoms with van der Waals surface area (Å²) in [7, 11) is 3.43. The number of benzene rings is 1. The molecule has 0 aliphatic carbocycles. The summed E-state index contributed by atoms with van der Waals surface area (Å²) < 4.78 is 35.8. The maximum absolute atomic E-state index is 13.8. The van der Waals surface area contributed by atoms with Crippen molar-refractivity contribution >= 4 is 33.7 Å². The summed E-state index contributed by atoms with van der Waals surface area (Å²) in [5.74, 6) is -1.52. The van der Waals surface area contributed by atoms with Gasteiger partial charge in [-0.05, 0) is 66.2 Å². The van der Waals surface area contributed by atoms with Crippen molar-refractivity contribution in [3.05, 3.63) is 94.6 Å². The number of rotatable bonds is 9. The molecule has 4 aromatic rings. The van der Waals surface area contributed by atoms with Gasteiger partial charge in [-0.25, -0.2) is 18.7 Å². The van der Waals surface area contributed by atoms with E-state index in [4.69, 9.17) is 18.3 Å². The van der Waals surface area contributed by atoms with Crippen molar-refractivity contribution in [2.45, 2.75) is 13.8 Å². The first-order chi connectivity index (χ1) is 19.2. The zero-order valence-electron chi connectivity index (χ0n) is 22.2. The fraction of sp³-hybridized carbons (Fsp3) is 0.214. The Bertz CT molecular complexity index is 1480. The number of Topliss-reactive ketones (excluding diaryl/α,β-unsaturated/α-hetero) is 1. The Morgan fingerprint density at radius 2 is 1.75 bits per heavy atom. The zero-order valence-corrected chi connectivity index (χ0v) is 23.8. The lowest BCUT2D eigenvalue weighted by Gasteiger charge is -2.09. The number of carbonyl (C=O) groups is 3. The predicted octanol–water partition coefficient (Wildman–Crippen LogP) is 5.68. The Labute approximate surface area is 238 Å². The van der Waals surface area contributed by atoms with Gasteiger partial charge in [0, 0.05) is 26.4 Å². The van der Waals surface area contributed by atoms with Crippen LogP contribution in [0.25, 0.3) is 17.1 Å². The smallest absolute Gasteiger partial charge is 0.343 e. The lowest BCUT2D eigenvalue weighted by atomic mass is 10.1. The molecule has 210 valence electrons. The number of ether oxygens (including phenoxy) is 2. The van der Waals surface area contributed by atoms with Crippen molar-refractivity contribution in [1.82, 2.24) is 14.7 Å². The fourth-order valence-corrected chi connectivity index (χ4v) is 3.63. The molecule has 0 unspecified atom stereocenters. The third-order valence-electron chi connectivity index (χ3n) is 5.04. The molecule has 4 rings (SSSR count). The molecule has 3 heterocycles. The molecule has 0 N–H and O–H groups in total. The monoisotopic (exact) mass is 615 g/mol. The number of hydrogen-bond donors (Lipinski definition) is 0. The van der Waals surface area contributed by atoms with Crippen LogP contribution in [0.4, 0.5) is 4.39 Å². The zero-order chi connectivity index (χ0) is 29.2. The van der Waals surface area contributed by atoms with Gasteiger partial charge in [-0.3, -0.25) is 4.79 Å². The van der Waals surface area contributed by atoms with E-state index in [0.29, 0.717) is 21.6 Å². The summed E-state index contributed by atoms with van der Waals surface area (Å²) >= 11 is 3.11. The molecule has 0 aliphatic heterocycles. The number of aromatic nitrogens is 2. The van der Waals surface area contributed by atoms with Gasteiger partial charge in [0.25, 0.3) is 0 Å². The molecule has 0 saturated heterocycles. The van der Waals surface area contributed by atoms with Crippen LogP contribution in [-0.2, 0) is 14.3 Å². The summed E-state index contributed by atoms with van der Waals surface area (Å²) in [5, 5.41) is 4.19. The Morgan fingerprint density at radius 1 is 1.05 bits per heavy atom. The van der Waals surface area contributed by atoms with Crippen LogP contribution in [0.1, 0.15) is 34.8 Å². The van der Waals surface area contributed by atoms with Gasteiger partial charge >= 0.3 is 11.9 Å². The molecule has 10 nitrogen and oxygen atoms in total. The van der Waals surface area contributed by atoms with Gasteiger partial charge in [0.05, 0.1) is 42.1 Å². The molecule has 0 bridgehead atoms. The van der Waals surface area contributed by atoms with Crippen LogP contribution in [0.15, 0.2) is 86.3 Å². The lowest BCUT2D eigenvalue weighted by Crippen LogP contribution is -2.19. The summed E-state index contributed by atoms with van der Waals surface area (Å²) in [6.07, 6.45) is 5.67. The number of ketones is 1. The summed E-state index contributed by atoms with van der Waals surface area (Å²) in [5.41, 5.74) is 1.08. The van der Waals surface area contributed by atoms with E-state index in [9.17, 15) is 18.8 Å². The number of halogens is 2. The van der Waals surface area contributed by atoms with E-state index in [0.717, 1.165) is 0 Å². The number of nitrogens with zero attached hydrogens (tertiary/aromatic N) is 3. The molecule has 12 heteroatoms. The van der Waals surface area contributed by atoms with E-state index in [-0.39, 0.29) is 30.1 Å². The quantitative estimate of drug-likeness (QED) is 0.0770. The molecule has 0 saturated carbocycles. The minimum Gasteiger partial charge on any atom is -0.463 e. The second-order valence-electron chi connectivity index (χ2n) is 8.15. The van der Waals surface area contributed by atoms with Gasteiger partial charge in [0.1, 0.15) is 22.6 Å². The minimum absolute atomic E-state index is 0.0493. The topological polar surface area (TPSA) is 117 Å². The number of carbonyl (C=O) groups excluding carboxylic acids is 3. The van der Waals surface area contributed by atoms with Crippen LogP contribution in [0.3, 0.4) is 0 Å². The molecule has 0 aliphatic rings. The maximum Gasteiger partial charge on any atom is 0.343 e. The van der Waals surface area contributed by atoms with Crippen LogP contribution in [0, 0.1) is 5.82 Å². The summed E-state index contributed by atoms with van der Waals surface area (Å²) in [6.45, 7) is 3.87. The molecular formula is C28H27BrFN3O7. The van der Waals surface area contributed by atoms with E-state index in [1.165, 1.54) is 41.7 Å². The van der Waals surface area contributed by atoms with E-state index >= 15 is 0 Å². The van der Waals surface area contributed by atoms with Crippen LogP contribution >= 0.6 is 15.9 Å². The van der Waals surface area contributed by atoms with Crippen LogP contribution in [0.2, 0.25) is 0 Å². The van der Waals surface area contributed by atoms with Crippen molar-refractivity contribution in [3.63, 3.8) is 0 Å². The van der Waals surface area contributed by atoms with Crippen molar-refractivity contribution in [3.8, 4) is 17.1 Å². The largest absolute Gasteiger partial charge is 0.463 e. The molecule has 40 heavy (non-hydrogen) atoms. The van der Waals surface area contributed by atoms with Crippen molar-refractivity contribution in [1.29, 1.82) is 0 Å². The first kappa shape index (κ1) is 30.1. The van der Waals surface area contributed by atoms with E-state index in [2.05, 4.69) is 21.0 Å². The predicted molar refractivity (Wildman–Crippen MR) is 146 cm³/mol. The molecule has 0 amide bonds. The number of hydrogen-bond acceptors (Lipinski definition) is 9. The van der Waals surface area contributed by atoms with Gasteiger partial charge in [0.15, 0.2) is 11.5 Å². The minimum atomic E-state index is -0.650. The number of esters is 2. The third-order valence-corrected chi connectivity index (χ3v) is 5.68. The Kier molecular flexibility index (Phi) is 10.6. The van der Waals surface area contributed by atoms with Crippen LogP contribution in [-0.4, -0.2) is 59.7 Å². The molecule has 1 aromatic carbocycles. The van der Waals surface area contributed by atoms with Crippen LogP contribution < -0.4 is 0 Å². The molecule has 3 aromatic heterocycles. The maximum atomic E-state index is 13.8. The highest BCUT2D eigenvalue weighted by Gasteiger charge is 2.24. The molecular weight excluding hydrogens is 589 g/mol. The Morgan fingerprint density at radius 3 is 2.33 bits per heavy atom. The van der Waals surface area contributed by atoms with Crippen molar-refractivity contribution in [2.24, 2.45) is 0 Å². The molecule has 0 spiro atoms. The molecule has 0 fully saturated rings. The summed E-state index contributed by atoms with van der Waals surface area (Å²) in [4.78, 5) is 37.3. The lowest BCUT2D eigenvalue weighted by molar-refractivity contribution is -0.138. The average Bonchev–Trinajstić information content (AvgIpc) is 3.70. The molecule has 0 atom stereocenters. The average molecular weight is 616 g/mol. The van der Waals surface area contributed by atoms with Gasteiger partial charge in [-0.15, -0.1) is 0 Å². The highest BCUT2D eigenvalue weighted by Crippen LogP contribution is 2.29. The van der Waals surface area contributed by atoms with Gasteiger partial charge in [-0.1, -0.05) is 0 Å². The first-order valence-corrected chi connectivity index (χ1v) is 12.8. The highest BCUT2D eigenvalue weighted by molar-refractivity contribution is 9.10. The summed E-state index contributed by atoms with van der Waals surface area (Å²) in [6, 6.07) is 11.1. The van der Waals surface area contributed by atoms with Crippen molar-refractivity contribution < 1.29 is 37.1 Å². The van der Waals surface area contributed by atoms with Gasteiger partial charge in [-0.2, -0.15) is 5.10 Å². The standard InChI is InChI=1S/C16H12BrFN2O3.C12H15NO4/c1-2-22-16(21)11-9-19-20(15(11)14-4-3-7-23-14)10-5-6-12(17)13(18)8-10;1-4-16-12(15)9(8-13(2)3)11(14)10-6-5-7-17-10/h3-9H,2H2,1H3;5-8H,4H2,1-3H3/b;9-8-. The van der Waals surface area contributed by atoms with E-state index in [1.54, 1.807) is 63.2 Å². The Balaban J connectivity index is 0.000000232.